The summed E-state index contributed by atoms with van der Waals surface area (Å²) < 4.78 is 5.33. The number of hydrogen-bond acceptors (Lipinski definition) is 6. The SMILES string of the molecule is COc1ccccc1NC(=O)CSc1nc(N2CCc3ccccc3C2)nc2ccccc12. The first kappa shape index (κ1) is 21.3. The van der Waals surface area contributed by atoms with Crippen LogP contribution in [0, 0.1) is 0 Å². The van der Waals surface area contributed by atoms with Gasteiger partial charge in [0, 0.05) is 18.5 Å². The Bertz CT molecular complexity index is 1310. The minimum Gasteiger partial charge on any atom is -0.495 e. The van der Waals surface area contributed by atoms with Crippen LogP contribution in [0.3, 0.4) is 0 Å². The van der Waals surface area contributed by atoms with E-state index in [4.69, 9.17) is 14.7 Å². The molecule has 1 amide bonds. The van der Waals surface area contributed by atoms with Crippen molar-refractivity contribution < 1.29 is 9.53 Å². The highest BCUT2D eigenvalue weighted by Crippen LogP contribution is 2.30. The number of carbonyl (C=O) groups excluding carboxylic acids is 1. The summed E-state index contributed by atoms with van der Waals surface area (Å²) in [6.07, 6.45) is 0.968. The second kappa shape index (κ2) is 9.50. The van der Waals surface area contributed by atoms with Crippen molar-refractivity contribution in [2.75, 3.05) is 29.6 Å². The molecule has 33 heavy (non-hydrogen) atoms. The lowest BCUT2D eigenvalue weighted by Gasteiger charge is -2.29. The molecule has 1 aliphatic heterocycles. The lowest BCUT2D eigenvalue weighted by Crippen LogP contribution is -2.31. The largest absolute Gasteiger partial charge is 0.495 e. The molecule has 0 saturated carbocycles. The number of nitrogens with one attached hydrogen (secondary N) is 1. The Morgan fingerprint density at radius 1 is 1.00 bits per heavy atom. The van der Waals surface area contributed by atoms with Gasteiger partial charge in [0.25, 0.3) is 0 Å². The third kappa shape index (κ3) is 4.64. The number of nitrogens with zero attached hydrogens (tertiary/aromatic N) is 3. The van der Waals surface area contributed by atoms with E-state index in [-0.39, 0.29) is 11.7 Å². The summed E-state index contributed by atoms with van der Waals surface area (Å²) in [4.78, 5) is 24.6. The highest BCUT2D eigenvalue weighted by atomic mass is 32.2. The highest BCUT2D eigenvalue weighted by molar-refractivity contribution is 8.00. The lowest BCUT2D eigenvalue weighted by atomic mass is 10.0. The second-order valence-electron chi connectivity index (χ2n) is 7.82. The van der Waals surface area contributed by atoms with E-state index in [1.807, 2.05) is 48.5 Å². The zero-order chi connectivity index (χ0) is 22.6. The Kier molecular flexibility index (Phi) is 6.13. The predicted molar refractivity (Wildman–Crippen MR) is 133 cm³/mol. The molecule has 5 rings (SSSR count). The molecule has 0 atom stereocenters. The van der Waals surface area contributed by atoms with Crippen LogP contribution in [0.15, 0.2) is 77.8 Å². The number of hydrogen-bond donors (Lipinski definition) is 1. The molecule has 1 N–H and O–H groups in total. The van der Waals surface area contributed by atoms with E-state index >= 15 is 0 Å². The van der Waals surface area contributed by atoms with Gasteiger partial charge < -0.3 is 15.0 Å². The normalized spacial score (nSPS) is 12.9. The molecule has 4 aromatic rings. The zero-order valence-corrected chi connectivity index (χ0v) is 19.1. The summed E-state index contributed by atoms with van der Waals surface area (Å²) in [5.74, 6) is 1.47. The number of carbonyl (C=O) groups is 1. The molecule has 0 saturated heterocycles. The van der Waals surface area contributed by atoms with E-state index in [0.717, 1.165) is 35.4 Å². The maximum atomic E-state index is 12.7. The number of thioether (sulfide) groups is 1. The number of benzene rings is 3. The highest BCUT2D eigenvalue weighted by Gasteiger charge is 2.20. The first-order valence-electron chi connectivity index (χ1n) is 10.9. The van der Waals surface area contributed by atoms with E-state index < -0.39 is 0 Å². The first-order valence-corrected chi connectivity index (χ1v) is 11.8. The van der Waals surface area contributed by atoms with Crippen molar-refractivity contribution in [3.8, 4) is 5.75 Å². The molecule has 0 unspecified atom stereocenters. The zero-order valence-electron chi connectivity index (χ0n) is 18.3. The van der Waals surface area contributed by atoms with Crippen LogP contribution in [0.5, 0.6) is 5.75 Å². The fourth-order valence-electron chi connectivity index (χ4n) is 4.02. The van der Waals surface area contributed by atoms with Gasteiger partial charge in [0.15, 0.2) is 0 Å². The standard InChI is InChI=1S/C26H24N4O2S/c1-32-23-13-7-6-12-22(23)27-24(31)17-33-25-20-10-4-5-11-21(20)28-26(29-25)30-15-14-18-8-2-3-9-19(18)16-30/h2-13H,14-17H2,1H3,(H,27,31). The van der Waals surface area contributed by atoms with Gasteiger partial charge in [0.05, 0.1) is 24.1 Å². The number of rotatable bonds is 6. The van der Waals surface area contributed by atoms with Gasteiger partial charge in [-0.05, 0) is 35.7 Å². The van der Waals surface area contributed by atoms with Gasteiger partial charge in [-0.2, -0.15) is 0 Å². The van der Waals surface area contributed by atoms with E-state index in [1.165, 1.54) is 22.9 Å². The number of amides is 1. The van der Waals surface area contributed by atoms with Crippen molar-refractivity contribution in [3.05, 3.63) is 83.9 Å². The summed E-state index contributed by atoms with van der Waals surface area (Å²) in [6, 6.07) is 23.9. The predicted octanol–water partition coefficient (Wildman–Crippen LogP) is 4.93. The molecule has 166 valence electrons. The Morgan fingerprint density at radius 3 is 2.64 bits per heavy atom. The molecule has 1 aromatic heterocycles. The molecular weight excluding hydrogens is 432 g/mol. The number of anilines is 2. The minimum atomic E-state index is -0.111. The van der Waals surface area contributed by atoms with Crippen LogP contribution < -0.4 is 15.0 Å². The molecular formula is C26H24N4O2S. The molecule has 0 fully saturated rings. The molecule has 2 heterocycles. The molecule has 0 radical (unpaired) electrons. The molecule has 6 nitrogen and oxygen atoms in total. The van der Waals surface area contributed by atoms with Crippen LogP contribution >= 0.6 is 11.8 Å². The lowest BCUT2D eigenvalue weighted by molar-refractivity contribution is -0.113. The van der Waals surface area contributed by atoms with Crippen molar-refractivity contribution in [1.82, 2.24) is 9.97 Å². The van der Waals surface area contributed by atoms with Gasteiger partial charge in [-0.25, -0.2) is 9.97 Å². The van der Waals surface area contributed by atoms with Gasteiger partial charge >= 0.3 is 0 Å². The smallest absolute Gasteiger partial charge is 0.234 e. The van der Waals surface area contributed by atoms with Crippen molar-refractivity contribution in [2.24, 2.45) is 0 Å². The van der Waals surface area contributed by atoms with Crippen molar-refractivity contribution in [2.45, 2.75) is 18.0 Å². The van der Waals surface area contributed by atoms with Crippen LogP contribution in [-0.4, -0.2) is 35.3 Å². The fourth-order valence-corrected chi connectivity index (χ4v) is 4.84. The molecule has 0 spiro atoms. The van der Waals surface area contributed by atoms with E-state index in [1.54, 1.807) is 7.11 Å². The Morgan fingerprint density at radius 2 is 1.76 bits per heavy atom. The minimum absolute atomic E-state index is 0.111. The maximum Gasteiger partial charge on any atom is 0.234 e. The number of para-hydroxylation sites is 3. The average molecular weight is 457 g/mol. The van der Waals surface area contributed by atoms with Gasteiger partial charge in [-0.1, -0.05) is 66.4 Å². The van der Waals surface area contributed by atoms with Crippen LogP contribution in [0.1, 0.15) is 11.1 Å². The van der Waals surface area contributed by atoms with Crippen molar-refractivity contribution in [1.29, 1.82) is 0 Å². The van der Waals surface area contributed by atoms with E-state index in [2.05, 4.69) is 34.5 Å². The number of aromatic nitrogens is 2. The van der Waals surface area contributed by atoms with E-state index in [0.29, 0.717) is 17.4 Å². The molecule has 1 aliphatic rings. The van der Waals surface area contributed by atoms with Gasteiger partial charge in [-0.15, -0.1) is 0 Å². The fraction of sp³-hybridized carbons (Fsp3) is 0.192. The average Bonchev–Trinajstić information content (AvgIpc) is 2.87. The topological polar surface area (TPSA) is 67.3 Å². The number of ether oxygens (including phenoxy) is 1. The summed E-state index contributed by atoms with van der Waals surface area (Å²) in [7, 11) is 1.59. The monoisotopic (exact) mass is 456 g/mol. The van der Waals surface area contributed by atoms with Crippen molar-refractivity contribution >= 4 is 40.2 Å². The Hall–Kier alpha value is -3.58. The second-order valence-corrected chi connectivity index (χ2v) is 8.79. The van der Waals surface area contributed by atoms with Gasteiger partial charge in [-0.3, -0.25) is 4.79 Å². The van der Waals surface area contributed by atoms with Crippen LogP contribution in [0.25, 0.3) is 10.9 Å². The van der Waals surface area contributed by atoms with Crippen LogP contribution in [-0.2, 0) is 17.8 Å². The van der Waals surface area contributed by atoms with Crippen molar-refractivity contribution in [3.63, 3.8) is 0 Å². The van der Waals surface area contributed by atoms with Gasteiger partial charge in [0.2, 0.25) is 11.9 Å². The molecule has 3 aromatic carbocycles. The summed E-state index contributed by atoms with van der Waals surface area (Å²) >= 11 is 1.42. The number of fused-ring (bicyclic) bond motifs is 2. The first-order chi connectivity index (χ1) is 16.2. The van der Waals surface area contributed by atoms with Crippen LogP contribution in [0.4, 0.5) is 11.6 Å². The van der Waals surface area contributed by atoms with E-state index in [9.17, 15) is 4.79 Å². The maximum absolute atomic E-state index is 12.7. The quantitative estimate of drug-likeness (QED) is 0.328. The van der Waals surface area contributed by atoms with Crippen LogP contribution in [0.2, 0.25) is 0 Å². The summed E-state index contributed by atoms with van der Waals surface area (Å²) in [5, 5.41) is 4.69. The third-order valence-corrected chi connectivity index (χ3v) is 6.68. The molecule has 0 aliphatic carbocycles. The molecule has 0 bridgehead atoms. The molecule has 7 heteroatoms. The summed E-state index contributed by atoms with van der Waals surface area (Å²) in [5.41, 5.74) is 4.24. The third-order valence-electron chi connectivity index (χ3n) is 5.69. The Balaban J connectivity index is 1.37. The van der Waals surface area contributed by atoms with Gasteiger partial charge in [0.1, 0.15) is 10.8 Å². The number of methoxy groups -OCH3 is 1. The Labute approximate surface area is 197 Å². The summed E-state index contributed by atoms with van der Waals surface area (Å²) in [6.45, 7) is 1.65.